The fourth-order valence-electron chi connectivity index (χ4n) is 2.88. The average molecular weight is 463 g/mol. The molecule has 1 fully saturated rings. The summed E-state index contributed by atoms with van der Waals surface area (Å²) in [7, 11) is 1.83. The van der Waals surface area contributed by atoms with Gasteiger partial charge in [0.25, 0.3) is 0 Å². The van der Waals surface area contributed by atoms with Crippen molar-refractivity contribution in [1.29, 1.82) is 0 Å². The number of hydrogen-bond donors (Lipinski definition) is 2. The molecule has 0 aliphatic heterocycles. The van der Waals surface area contributed by atoms with Crippen molar-refractivity contribution in [3.8, 4) is 0 Å². The van der Waals surface area contributed by atoms with Crippen molar-refractivity contribution in [2.24, 2.45) is 4.99 Å². The Morgan fingerprint density at radius 3 is 2.79 bits per heavy atom. The number of rotatable bonds is 7. The van der Waals surface area contributed by atoms with Gasteiger partial charge in [0.05, 0.1) is 13.2 Å². The first-order valence-electron chi connectivity index (χ1n) is 8.43. The third kappa shape index (κ3) is 8.07. The van der Waals surface area contributed by atoms with Gasteiger partial charge in [-0.05, 0) is 31.1 Å². The lowest BCUT2D eigenvalue weighted by molar-refractivity contribution is 0.125. The van der Waals surface area contributed by atoms with Gasteiger partial charge in [-0.25, -0.2) is 0 Å². The van der Waals surface area contributed by atoms with Gasteiger partial charge in [0.2, 0.25) is 0 Å². The van der Waals surface area contributed by atoms with E-state index in [4.69, 9.17) is 4.74 Å². The molecule has 1 aromatic rings. The van der Waals surface area contributed by atoms with E-state index >= 15 is 0 Å². The van der Waals surface area contributed by atoms with E-state index in [1.165, 1.54) is 31.2 Å². The minimum atomic E-state index is 0. The Balaban J connectivity index is 0.00000288. The molecule has 2 unspecified atom stereocenters. The number of nitrogens with one attached hydrogen (secondary N) is 2. The number of halogens is 1. The maximum atomic E-state index is 5.69. The fraction of sp³-hybridized carbons (Fsp3) is 0.611. The highest BCUT2D eigenvalue weighted by Gasteiger charge is 2.21. The Hall–Kier alpha value is -0.470. The van der Waals surface area contributed by atoms with Gasteiger partial charge < -0.3 is 15.4 Å². The summed E-state index contributed by atoms with van der Waals surface area (Å²) in [6.07, 6.45) is 7.33. The molecule has 0 aromatic heterocycles. The molecule has 24 heavy (non-hydrogen) atoms. The number of hydrogen-bond acceptors (Lipinski definition) is 3. The second-order valence-electron chi connectivity index (χ2n) is 5.90. The SMILES string of the molecule is CN=C(NCCOCc1ccccc1)NC1CCCC(SC)C1.I. The molecule has 2 rings (SSSR count). The van der Waals surface area contributed by atoms with Gasteiger partial charge in [0.15, 0.2) is 5.96 Å². The van der Waals surface area contributed by atoms with Crippen LogP contribution in [-0.4, -0.2) is 43.7 Å². The predicted octanol–water partition coefficient (Wildman–Crippen LogP) is 3.66. The second-order valence-corrected chi connectivity index (χ2v) is 7.04. The first kappa shape index (κ1) is 21.6. The van der Waals surface area contributed by atoms with Crippen LogP contribution < -0.4 is 10.6 Å². The molecule has 6 heteroatoms. The molecule has 0 amide bonds. The number of guanidine groups is 1. The van der Waals surface area contributed by atoms with Crippen molar-refractivity contribution in [2.45, 2.75) is 43.6 Å². The highest BCUT2D eigenvalue weighted by molar-refractivity contribution is 14.0. The maximum absolute atomic E-state index is 5.69. The third-order valence-corrected chi connectivity index (χ3v) is 5.27. The highest BCUT2D eigenvalue weighted by Crippen LogP contribution is 2.26. The van der Waals surface area contributed by atoms with E-state index in [1.807, 2.05) is 37.0 Å². The van der Waals surface area contributed by atoms with Crippen LogP contribution in [-0.2, 0) is 11.3 Å². The van der Waals surface area contributed by atoms with Crippen molar-refractivity contribution < 1.29 is 4.74 Å². The summed E-state index contributed by atoms with van der Waals surface area (Å²) in [5.41, 5.74) is 1.21. The zero-order chi connectivity index (χ0) is 16.3. The number of aliphatic imine (C=N–C) groups is 1. The molecule has 2 N–H and O–H groups in total. The van der Waals surface area contributed by atoms with Gasteiger partial charge in [0.1, 0.15) is 0 Å². The molecule has 2 atom stereocenters. The van der Waals surface area contributed by atoms with Gasteiger partial charge in [-0.2, -0.15) is 11.8 Å². The lowest BCUT2D eigenvalue weighted by atomic mass is 9.95. The van der Waals surface area contributed by atoms with Crippen molar-refractivity contribution in [3.63, 3.8) is 0 Å². The molecule has 136 valence electrons. The highest BCUT2D eigenvalue weighted by atomic mass is 127. The minimum absolute atomic E-state index is 0. The topological polar surface area (TPSA) is 45.7 Å². The molecule has 1 aliphatic carbocycles. The van der Waals surface area contributed by atoms with Crippen LogP contribution in [0.15, 0.2) is 35.3 Å². The van der Waals surface area contributed by atoms with Crippen LogP contribution in [0.1, 0.15) is 31.2 Å². The third-order valence-electron chi connectivity index (χ3n) is 4.17. The Bertz CT molecular complexity index is 473. The molecule has 0 radical (unpaired) electrons. The van der Waals surface area contributed by atoms with Crippen LogP contribution in [0.5, 0.6) is 0 Å². The van der Waals surface area contributed by atoms with Crippen molar-refractivity contribution >= 4 is 41.7 Å². The predicted molar refractivity (Wildman–Crippen MR) is 116 cm³/mol. The number of ether oxygens (including phenoxy) is 1. The van der Waals surface area contributed by atoms with Gasteiger partial charge in [-0.15, -0.1) is 24.0 Å². The summed E-state index contributed by atoms with van der Waals surface area (Å²) in [4.78, 5) is 4.32. The summed E-state index contributed by atoms with van der Waals surface area (Å²) in [5, 5.41) is 7.68. The molecule has 4 nitrogen and oxygen atoms in total. The van der Waals surface area contributed by atoms with Crippen LogP contribution in [0.25, 0.3) is 0 Å². The lowest BCUT2D eigenvalue weighted by Crippen LogP contribution is -2.46. The summed E-state index contributed by atoms with van der Waals surface area (Å²) in [6, 6.07) is 10.8. The first-order valence-corrected chi connectivity index (χ1v) is 9.72. The van der Waals surface area contributed by atoms with E-state index < -0.39 is 0 Å². The zero-order valence-electron chi connectivity index (χ0n) is 14.7. The van der Waals surface area contributed by atoms with Crippen LogP contribution in [0, 0.1) is 0 Å². The van der Waals surface area contributed by atoms with Crippen molar-refractivity contribution in [3.05, 3.63) is 35.9 Å². The van der Waals surface area contributed by atoms with Crippen LogP contribution in [0.2, 0.25) is 0 Å². The van der Waals surface area contributed by atoms with Crippen LogP contribution >= 0.6 is 35.7 Å². The van der Waals surface area contributed by atoms with Crippen molar-refractivity contribution in [2.75, 3.05) is 26.5 Å². The number of nitrogens with zero attached hydrogens (tertiary/aromatic N) is 1. The molecular formula is C18H30IN3OS. The van der Waals surface area contributed by atoms with E-state index in [-0.39, 0.29) is 24.0 Å². The fourth-order valence-corrected chi connectivity index (χ4v) is 3.71. The molecule has 0 bridgehead atoms. The standard InChI is InChI=1S/C18H29N3OS.HI/c1-19-18(21-16-9-6-10-17(13-16)23-2)20-11-12-22-14-15-7-4-3-5-8-15;/h3-5,7-8,16-17H,6,9-14H2,1-2H3,(H2,19,20,21);1H. The molecule has 1 saturated carbocycles. The normalized spacial score (nSPS) is 21.0. The molecule has 0 saturated heterocycles. The van der Waals surface area contributed by atoms with Gasteiger partial charge in [-0.1, -0.05) is 36.8 Å². The van der Waals surface area contributed by atoms with Gasteiger partial charge in [0, 0.05) is 24.9 Å². The first-order chi connectivity index (χ1) is 11.3. The van der Waals surface area contributed by atoms with Crippen LogP contribution in [0.3, 0.4) is 0 Å². The molecule has 0 spiro atoms. The lowest BCUT2D eigenvalue weighted by Gasteiger charge is -2.29. The average Bonchev–Trinajstić information content (AvgIpc) is 2.61. The summed E-state index contributed by atoms with van der Waals surface area (Å²) < 4.78 is 5.69. The van der Waals surface area contributed by atoms with Gasteiger partial charge >= 0.3 is 0 Å². The molecule has 1 aliphatic rings. The summed E-state index contributed by atoms with van der Waals surface area (Å²) >= 11 is 1.99. The zero-order valence-corrected chi connectivity index (χ0v) is 17.8. The van der Waals surface area contributed by atoms with Gasteiger partial charge in [-0.3, -0.25) is 4.99 Å². The monoisotopic (exact) mass is 463 g/mol. The second kappa shape index (κ2) is 12.8. The van der Waals surface area contributed by atoms with E-state index in [9.17, 15) is 0 Å². The van der Waals surface area contributed by atoms with E-state index in [0.717, 1.165) is 17.8 Å². The Morgan fingerprint density at radius 1 is 1.29 bits per heavy atom. The largest absolute Gasteiger partial charge is 0.375 e. The van der Waals surface area contributed by atoms with Crippen LogP contribution in [0.4, 0.5) is 0 Å². The summed E-state index contributed by atoms with van der Waals surface area (Å²) in [5.74, 6) is 0.889. The maximum Gasteiger partial charge on any atom is 0.191 e. The quantitative estimate of drug-likeness (QED) is 0.281. The minimum Gasteiger partial charge on any atom is -0.375 e. The Labute approximate surface area is 167 Å². The molecule has 0 heterocycles. The Morgan fingerprint density at radius 2 is 2.08 bits per heavy atom. The molecule has 1 aromatic carbocycles. The van der Waals surface area contributed by atoms with Crippen molar-refractivity contribution in [1.82, 2.24) is 10.6 Å². The summed E-state index contributed by atoms with van der Waals surface area (Å²) in [6.45, 7) is 2.10. The van der Waals surface area contributed by atoms with E-state index in [0.29, 0.717) is 19.3 Å². The number of benzene rings is 1. The van der Waals surface area contributed by atoms with E-state index in [2.05, 4.69) is 34.0 Å². The van der Waals surface area contributed by atoms with E-state index in [1.54, 1.807) is 0 Å². The smallest absolute Gasteiger partial charge is 0.191 e. The Kier molecular flexibility index (Phi) is 11.5. The molecular weight excluding hydrogens is 433 g/mol. The number of thioether (sulfide) groups is 1.